The zero-order valence-corrected chi connectivity index (χ0v) is 25.7. The van der Waals surface area contributed by atoms with Crippen molar-refractivity contribution in [1.82, 2.24) is 14.1 Å². The van der Waals surface area contributed by atoms with Crippen LogP contribution in [0.25, 0.3) is 77.2 Å². The topological polar surface area (TPSA) is 70.3 Å². The Hall–Kier alpha value is -6.95. The molecule has 0 N–H and O–H groups in total. The Bertz CT molecular complexity index is 2790. The highest BCUT2D eigenvalue weighted by Crippen LogP contribution is 2.43. The lowest BCUT2D eigenvalue weighted by Gasteiger charge is -2.13. The van der Waals surface area contributed by atoms with Crippen molar-refractivity contribution >= 4 is 43.6 Å². The molecule has 5 heteroatoms. The first-order valence-corrected chi connectivity index (χ1v) is 15.8. The van der Waals surface area contributed by atoms with Crippen LogP contribution in [0.15, 0.2) is 152 Å². The van der Waals surface area contributed by atoms with Gasteiger partial charge in [0.15, 0.2) is 0 Å². The summed E-state index contributed by atoms with van der Waals surface area (Å²) in [5.74, 6) is 0. The fraction of sp³-hybridized carbons (Fsp3) is 0. The van der Waals surface area contributed by atoms with Crippen molar-refractivity contribution in [2.45, 2.75) is 0 Å². The third kappa shape index (κ3) is 4.06. The highest BCUT2D eigenvalue weighted by atomic mass is 15.0. The summed E-state index contributed by atoms with van der Waals surface area (Å²) in [7, 11) is 0. The Morgan fingerprint density at radius 1 is 0.479 bits per heavy atom. The standard InChI is InChI=1S/C43H25N5/c44-25-30-23-29(35-24-31(27-46-36(35)26-45)28-11-3-1-4-12-28)19-20-37(30)48-39-18-10-8-16-34(39)43-41(48)22-21-40-42(43)33-15-7-9-17-38(33)47(40)32-13-5-2-6-14-32/h1-24,27H. The molecule has 0 fully saturated rings. The number of benzene rings is 6. The number of hydrogen-bond donors (Lipinski definition) is 0. The molecule has 0 aliphatic rings. The van der Waals surface area contributed by atoms with E-state index >= 15 is 0 Å². The quantitative estimate of drug-likeness (QED) is 0.199. The lowest BCUT2D eigenvalue weighted by atomic mass is 9.97. The van der Waals surface area contributed by atoms with Gasteiger partial charge in [-0.2, -0.15) is 10.5 Å². The molecule has 0 unspecified atom stereocenters. The fourth-order valence-corrected chi connectivity index (χ4v) is 7.18. The summed E-state index contributed by atoms with van der Waals surface area (Å²) in [6, 6.07) is 54.3. The largest absolute Gasteiger partial charge is 0.309 e. The minimum Gasteiger partial charge on any atom is -0.309 e. The molecule has 222 valence electrons. The average Bonchev–Trinajstić information content (AvgIpc) is 3.68. The highest BCUT2D eigenvalue weighted by molar-refractivity contribution is 6.28. The van der Waals surface area contributed by atoms with Crippen LogP contribution in [0.1, 0.15) is 11.3 Å². The summed E-state index contributed by atoms with van der Waals surface area (Å²) in [4.78, 5) is 4.49. The summed E-state index contributed by atoms with van der Waals surface area (Å²) >= 11 is 0. The monoisotopic (exact) mass is 611 g/mol. The van der Waals surface area contributed by atoms with E-state index in [9.17, 15) is 10.5 Å². The Morgan fingerprint density at radius 3 is 1.75 bits per heavy atom. The second-order valence-corrected chi connectivity index (χ2v) is 11.8. The molecule has 9 rings (SSSR count). The number of fused-ring (bicyclic) bond motifs is 7. The minimum atomic E-state index is 0.320. The van der Waals surface area contributed by atoms with Crippen molar-refractivity contribution in [1.29, 1.82) is 10.5 Å². The number of aromatic nitrogens is 3. The number of hydrogen-bond acceptors (Lipinski definition) is 3. The van der Waals surface area contributed by atoms with Crippen molar-refractivity contribution in [2.75, 3.05) is 0 Å². The molecule has 9 aromatic rings. The van der Waals surface area contributed by atoms with Gasteiger partial charge in [-0.15, -0.1) is 0 Å². The first-order valence-electron chi connectivity index (χ1n) is 15.8. The van der Waals surface area contributed by atoms with Crippen LogP contribution in [-0.2, 0) is 0 Å². The Labute approximate surface area is 276 Å². The van der Waals surface area contributed by atoms with Gasteiger partial charge in [0.2, 0.25) is 0 Å². The predicted octanol–water partition coefficient (Wildman–Crippen LogP) is 10.4. The maximum atomic E-state index is 10.6. The Morgan fingerprint density at radius 2 is 1.08 bits per heavy atom. The SMILES string of the molecule is N#Cc1cc(-c2cc(-c3ccccc3)cnc2C#N)ccc1-n1c2ccccc2c2c3c4ccccc4n(-c4ccccc4)c3ccc21. The molecular formula is C43H25N5. The molecule has 0 amide bonds. The first-order chi connectivity index (χ1) is 23.7. The Kier molecular flexibility index (Phi) is 6.18. The first kappa shape index (κ1) is 27.4. The van der Waals surface area contributed by atoms with Crippen molar-refractivity contribution in [3.05, 3.63) is 163 Å². The van der Waals surface area contributed by atoms with Crippen LogP contribution in [0.5, 0.6) is 0 Å². The maximum Gasteiger partial charge on any atom is 0.148 e. The summed E-state index contributed by atoms with van der Waals surface area (Å²) < 4.78 is 4.53. The van der Waals surface area contributed by atoms with Gasteiger partial charge in [0.25, 0.3) is 0 Å². The molecule has 0 aliphatic carbocycles. The minimum absolute atomic E-state index is 0.320. The van der Waals surface area contributed by atoms with Crippen LogP contribution in [0.4, 0.5) is 0 Å². The lowest BCUT2D eigenvalue weighted by molar-refractivity contribution is 1.16. The summed E-state index contributed by atoms with van der Waals surface area (Å²) in [6.07, 6.45) is 1.73. The normalized spacial score (nSPS) is 11.3. The highest BCUT2D eigenvalue weighted by Gasteiger charge is 2.22. The molecular weight excluding hydrogens is 587 g/mol. The third-order valence-corrected chi connectivity index (χ3v) is 9.26. The van der Waals surface area contributed by atoms with E-state index in [1.807, 2.05) is 66.7 Å². The molecule has 0 aliphatic heterocycles. The van der Waals surface area contributed by atoms with E-state index in [1.165, 1.54) is 10.8 Å². The van der Waals surface area contributed by atoms with Crippen LogP contribution in [-0.4, -0.2) is 14.1 Å². The smallest absolute Gasteiger partial charge is 0.148 e. The third-order valence-electron chi connectivity index (χ3n) is 9.26. The molecule has 3 heterocycles. The number of nitrogens with zero attached hydrogens (tertiary/aromatic N) is 5. The second-order valence-electron chi connectivity index (χ2n) is 11.8. The van der Waals surface area contributed by atoms with Gasteiger partial charge in [0.1, 0.15) is 17.8 Å². The van der Waals surface area contributed by atoms with Crippen molar-refractivity contribution in [3.63, 3.8) is 0 Å². The second kappa shape index (κ2) is 10.8. The van der Waals surface area contributed by atoms with Crippen LogP contribution in [0.3, 0.4) is 0 Å². The van der Waals surface area contributed by atoms with Gasteiger partial charge in [-0.1, -0.05) is 91.0 Å². The molecule has 0 radical (unpaired) electrons. The molecule has 0 saturated carbocycles. The average molecular weight is 612 g/mol. The van der Waals surface area contributed by atoms with Gasteiger partial charge >= 0.3 is 0 Å². The summed E-state index contributed by atoms with van der Waals surface area (Å²) in [5.41, 5.74) is 10.4. The van der Waals surface area contributed by atoms with E-state index in [0.717, 1.165) is 60.9 Å². The molecule has 6 aromatic carbocycles. The van der Waals surface area contributed by atoms with E-state index in [2.05, 4.69) is 105 Å². The molecule has 0 saturated heterocycles. The lowest BCUT2D eigenvalue weighted by Crippen LogP contribution is -1.99. The van der Waals surface area contributed by atoms with Crippen LogP contribution in [0, 0.1) is 22.7 Å². The van der Waals surface area contributed by atoms with E-state index < -0.39 is 0 Å². The van der Waals surface area contributed by atoms with Gasteiger partial charge < -0.3 is 9.13 Å². The van der Waals surface area contributed by atoms with Crippen molar-refractivity contribution in [3.8, 4) is 45.8 Å². The van der Waals surface area contributed by atoms with Crippen LogP contribution < -0.4 is 0 Å². The van der Waals surface area contributed by atoms with Gasteiger partial charge in [-0.05, 0) is 65.7 Å². The van der Waals surface area contributed by atoms with Gasteiger partial charge in [0, 0.05) is 44.6 Å². The van der Waals surface area contributed by atoms with Crippen LogP contribution in [0.2, 0.25) is 0 Å². The molecule has 3 aromatic heterocycles. The van der Waals surface area contributed by atoms with E-state index in [4.69, 9.17) is 0 Å². The number of para-hydroxylation sites is 3. The van der Waals surface area contributed by atoms with Crippen molar-refractivity contribution in [2.24, 2.45) is 0 Å². The molecule has 5 nitrogen and oxygen atoms in total. The number of pyridine rings is 1. The molecule has 0 spiro atoms. The number of rotatable bonds is 4. The van der Waals surface area contributed by atoms with Gasteiger partial charge in [-0.3, -0.25) is 0 Å². The zero-order chi connectivity index (χ0) is 32.2. The molecule has 0 atom stereocenters. The van der Waals surface area contributed by atoms with E-state index in [-0.39, 0.29) is 0 Å². The molecule has 48 heavy (non-hydrogen) atoms. The van der Waals surface area contributed by atoms with Gasteiger partial charge in [-0.25, -0.2) is 4.98 Å². The molecule has 0 bridgehead atoms. The number of nitriles is 2. The van der Waals surface area contributed by atoms with Crippen LogP contribution >= 0.6 is 0 Å². The van der Waals surface area contributed by atoms with E-state index in [1.54, 1.807) is 6.20 Å². The Balaban J connectivity index is 1.31. The zero-order valence-electron chi connectivity index (χ0n) is 25.7. The van der Waals surface area contributed by atoms with Crippen molar-refractivity contribution < 1.29 is 0 Å². The van der Waals surface area contributed by atoms with E-state index in [0.29, 0.717) is 16.8 Å². The maximum absolute atomic E-state index is 10.6. The van der Waals surface area contributed by atoms with Gasteiger partial charge in [0.05, 0.1) is 33.3 Å². The summed E-state index contributed by atoms with van der Waals surface area (Å²) in [6.45, 7) is 0. The fourth-order valence-electron chi connectivity index (χ4n) is 7.18. The predicted molar refractivity (Wildman–Crippen MR) is 193 cm³/mol. The summed E-state index contributed by atoms with van der Waals surface area (Å²) in [5, 5.41) is 25.2.